The molecule has 0 aliphatic heterocycles. The van der Waals surface area contributed by atoms with Crippen LogP contribution in [0.1, 0.15) is 0 Å². The first-order valence-corrected chi connectivity index (χ1v) is 44.2. The van der Waals surface area contributed by atoms with E-state index in [-0.39, 0.29) is 0 Å². The molecule has 0 saturated carbocycles. The number of rotatable bonds is 15. The molecule has 0 bridgehead atoms. The van der Waals surface area contributed by atoms with Crippen LogP contribution in [0.5, 0.6) is 0 Å². The van der Waals surface area contributed by atoms with Crippen LogP contribution in [-0.4, -0.2) is 44.9 Å². The molecule has 12 heteroatoms. The highest BCUT2D eigenvalue weighted by atomic mass is 16.3. The summed E-state index contributed by atoms with van der Waals surface area (Å²) in [6.45, 7) is 0. The highest BCUT2D eigenvalue weighted by Crippen LogP contribution is 2.42. The predicted molar refractivity (Wildman–Crippen MR) is 540 cm³/mol. The van der Waals surface area contributed by atoms with Gasteiger partial charge in [0.25, 0.3) is 0 Å². The van der Waals surface area contributed by atoms with Crippen molar-refractivity contribution in [1.82, 2.24) is 44.9 Å². The Morgan fingerprint density at radius 1 is 0.120 bits per heavy atom. The Morgan fingerprint density at radius 2 is 0.353 bits per heavy atom. The van der Waals surface area contributed by atoms with Crippen molar-refractivity contribution in [1.29, 1.82) is 0 Å². The fourth-order valence-electron chi connectivity index (χ4n) is 17.4. The van der Waals surface area contributed by atoms with Gasteiger partial charge in [0, 0.05) is 88.0 Å². The summed E-state index contributed by atoms with van der Waals surface area (Å²) in [5.41, 5.74) is 27.2. The van der Waals surface area contributed by atoms with Gasteiger partial charge in [-0.3, -0.25) is 0 Å². The number of para-hydroxylation sites is 4. The van der Waals surface area contributed by atoms with Gasteiger partial charge in [-0.2, -0.15) is 0 Å². The molecule has 6 heterocycles. The Kier molecular flexibility index (Phi) is 21.1. The lowest BCUT2D eigenvalue weighted by Crippen LogP contribution is -2.00. The average molecular weight is 1710 g/mol. The van der Waals surface area contributed by atoms with Crippen LogP contribution < -0.4 is 0 Å². The maximum Gasteiger partial charge on any atom is 0.164 e. The molecule has 25 rings (SSSR count). The van der Waals surface area contributed by atoms with E-state index in [0.717, 1.165) is 177 Å². The predicted octanol–water partition coefficient (Wildman–Crippen LogP) is 31.5. The van der Waals surface area contributed by atoms with Gasteiger partial charge in [-0.15, -0.1) is 0 Å². The van der Waals surface area contributed by atoms with E-state index in [1.54, 1.807) is 0 Å². The molecule has 624 valence electrons. The Hall–Kier alpha value is -18.1. The zero-order valence-corrected chi connectivity index (χ0v) is 71.7. The maximum absolute atomic E-state index is 6.33. The molecule has 0 unspecified atom stereocenters. The van der Waals surface area contributed by atoms with E-state index in [2.05, 4.69) is 315 Å². The molecule has 0 fully saturated rings. The average Bonchev–Trinajstić information content (AvgIpc) is 1.64. The highest BCUT2D eigenvalue weighted by Gasteiger charge is 2.21. The summed E-state index contributed by atoms with van der Waals surface area (Å²) >= 11 is 0. The number of benzene rings is 19. The molecular weight excluding hydrogens is 1630 g/mol. The second kappa shape index (κ2) is 35.2. The van der Waals surface area contributed by atoms with Gasteiger partial charge in [-0.25, -0.2) is 44.9 Å². The van der Waals surface area contributed by atoms with E-state index in [1.807, 2.05) is 152 Å². The normalized spacial score (nSPS) is 11.3. The van der Waals surface area contributed by atoms with Crippen LogP contribution in [-0.2, 0) is 0 Å². The monoisotopic (exact) mass is 1700 g/mol. The van der Waals surface area contributed by atoms with E-state index < -0.39 is 0 Å². The molecule has 0 aliphatic carbocycles. The molecule has 0 radical (unpaired) electrons. The molecule has 6 aromatic heterocycles. The molecule has 0 N–H and O–H groups in total. The number of fused-ring (bicyclic) bond motifs is 10. The van der Waals surface area contributed by atoms with Crippen molar-refractivity contribution in [2.75, 3.05) is 0 Å². The molecule has 133 heavy (non-hydrogen) atoms. The summed E-state index contributed by atoms with van der Waals surface area (Å²) in [6, 6.07) is 160. The summed E-state index contributed by atoms with van der Waals surface area (Å²) < 4.78 is 18.6. The van der Waals surface area contributed by atoms with E-state index in [9.17, 15) is 0 Å². The van der Waals surface area contributed by atoms with Crippen molar-refractivity contribution in [3.05, 3.63) is 467 Å². The summed E-state index contributed by atoms with van der Waals surface area (Å²) in [6.07, 6.45) is 0. The van der Waals surface area contributed by atoms with Gasteiger partial charge in [0.1, 0.15) is 33.5 Å². The third kappa shape index (κ3) is 16.4. The van der Waals surface area contributed by atoms with Crippen LogP contribution in [0.3, 0.4) is 0 Å². The smallest absolute Gasteiger partial charge is 0.164 e. The van der Waals surface area contributed by atoms with Crippen LogP contribution in [0, 0.1) is 0 Å². The molecule has 19 aromatic carbocycles. The maximum atomic E-state index is 6.33. The van der Waals surface area contributed by atoms with Gasteiger partial charge in [-0.1, -0.05) is 406 Å². The number of hydrogen-bond acceptors (Lipinski definition) is 12. The van der Waals surface area contributed by atoms with Crippen molar-refractivity contribution in [3.63, 3.8) is 0 Å². The Bertz CT molecular complexity index is 8530. The zero-order valence-electron chi connectivity index (χ0n) is 71.7. The van der Waals surface area contributed by atoms with Crippen LogP contribution >= 0.6 is 0 Å². The standard InChI is InChI=1S/C43H27N3O.2C39H25N3O/c1-2-8-28(9-3-1)30-14-19-32(20-15-30)41-44-42(46-43(45-41)36-23-18-29-10-4-5-11-34(29)26-36)33-21-16-31(17-22-33)35-24-25-38-37-12-6-7-13-39(37)47-40(38)27-35;1-3-12-26(13-4-1)37-40-38(27-14-5-2-6-15-27)42-39(41-37)31-19-10-17-29(25-31)28-16-9-18-30(24-28)32-21-11-22-34-33-20-7-8-23-35(33)43-36(32)34;1-3-9-26(10-4-1)27-15-19-30(20-16-27)38-40-37(29-11-5-2-6-12-29)41-39(42-38)31-21-17-28(18-22-31)32-23-24-34-33-13-7-8-14-35(33)43-36(34)25-32/h1-27H;2*1-25H. The lowest BCUT2D eigenvalue weighted by Gasteiger charge is -2.10. The van der Waals surface area contributed by atoms with Crippen LogP contribution in [0.25, 0.3) is 246 Å². The van der Waals surface area contributed by atoms with Gasteiger partial charge in [-0.05, 0) is 133 Å². The topological polar surface area (TPSA) is 155 Å². The van der Waals surface area contributed by atoms with E-state index >= 15 is 0 Å². The molecule has 0 aliphatic rings. The summed E-state index contributed by atoms with van der Waals surface area (Å²) in [5.74, 6) is 5.76. The number of furan rings is 3. The van der Waals surface area contributed by atoms with Crippen molar-refractivity contribution >= 4 is 76.6 Å². The molecule has 0 spiro atoms. The van der Waals surface area contributed by atoms with Crippen LogP contribution in [0.2, 0.25) is 0 Å². The second-order valence-corrected chi connectivity index (χ2v) is 32.7. The van der Waals surface area contributed by atoms with Gasteiger partial charge >= 0.3 is 0 Å². The lowest BCUT2D eigenvalue weighted by molar-refractivity contribution is 0.668. The van der Waals surface area contributed by atoms with Crippen molar-refractivity contribution in [3.8, 4) is 169 Å². The Balaban J connectivity index is 0.000000113. The minimum absolute atomic E-state index is 0.629. The number of aromatic nitrogens is 9. The van der Waals surface area contributed by atoms with Gasteiger partial charge < -0.3 is 13.3 Å². The Morgan fingerprint density at radius 3 is 0.759 bits per heavy atom. The molecular formula is C121H77N9O3. The highest BCUT2D eigenvalue weighted by molar-refractivity contribution is 6.10. The summed E-state index contributed by atoms with van der Waals surface area (Å²) in [7, 11) is 0. The summed E-state index contributed by atoms with van der Waals surface area (Å²) in [5, 5.41) is 9.09. The first-order valence-electron chi connectivity index (χ1n) is 44.2. The minimum Gasteiger partial charge on any atom is -0.456 e. The largest absolute Gasteiger partial charge is 0.456 e. The van der Waals surface area contributed by atoms with Gasteiger partial charge in [0.05, 0.1) is 0 Å². The van der Waals surface area contributed by atoms with Crippen molar-refractivity contribution in [2.45, 2.75) is 0 Å². The fraction of sp³-hybridized carbons (Fsp3) is 0. The second-order valence-electron chi connectivity index (χ2n) is 32.7. The van der Waals surface area contributed by atoms with Crippen molar-refractivity contribution in [2.24, 2.45) is 0 Å². The molecule has 0 saturated heterocycles. The summed E-state index contributed by atoms with van der Waals surface area (Å²) in [4.78, 5) is 44.4. The van der Waals surface area contributed by atoms with E-state index in [4.69, 9.17) is 58.1 Å². The molecule has 25 aromatic rings. The number of hydrogen-bond donors (Lipinski definition) is 0. The van der Waals surface area contributed by atoms with Crippen LogP contribution in [0.15, 0.2) is 480 Å². The lowest BCUT2D eigenvalue weighted by atomic mass is 9.97. The van der Waals surface area contributed by atoms with E-state index in [1.165, 1.54) is 16.5 Å². The van der Waals surface area contributed by atoms with E-state index in [0.29, 0.717) is 52.4 Å². The van der Waals surface area contributed by atoms with Crippen LogP contribution in [0.4, 0.5) is 0 Å². The minimum atomic E-state index is 0.629. The molecule has 12 nitrogen and oxygen atoms in total. The molecule has 0 amide bonds. The third-order valence-electron chi connectivity index (χ3n) is 24.3. The van der Waals surface area contributed by atoms with Gasteiger partial charge in [0.15, 0.2) is 52.4 Å². The first kappa shape index (κ1) is 79.5. The quantitative estimate of drug-likeness (QED) is 0.0959. The Labute approximate surface area is 766 Å². The van der Waals surface area contributed by atoms with Gasteiger partial charge in [0.2, 0.25) is 0 Å². The zero-order chi connectivity index (χ0) is 88.3. The SMILES string of the molecule is c1ccc(-c2ccc(-c3nc(-c4ccc(-c5ccc6c(c5)oc5ccccc56)cc4)nc(-c4ccc5ccccc5c4)n3)cc2)cc1.c1ccc(-c2ccc(-c3nc(-c4ccccc4)nc(-c4ccc(-c5ccc6c(c5)oc5ccccc56)cc4)n3)cc2)cc1.c1ccc(-c2nc(-c3ccccc3)nc(-c3cccc(-c4cccc(-c5cccc6c5oc5ccccc56)c4)c3)n2)cc1. The molecule has 0 atom stereocenters. The van der Waals surface area contributed by atoms with Crippen molar-refractivity contribution < 1.29 is 13.3 Å². The number of nitrogens with zero attached hydrogens (tertiary/aromatic N) is 9. The fourth-order valence-corrected chi connectivity index (χ4v) is 17.4. The third-order valence-corrected chi connectivity index (χ3v) is 24.3. The first-order chi connectivity index (χ1) is 65.8.